The molecular formula is C11H13N3O. The third-order valence-corrected chi connectivity index (χ3v) is 2.22. The smallest absolute Gasteiger partial charge is 0.148 e. The second-order valence-corrected chi connectivity index (χ2v) is 3.32. The third-order valence-electron chi connectivity index (χ3n) is 2.22. The predicted octanol–water partition coefficient (Wildman–Crippen LogP) is 1.88. The molecule has 0 bridgehead atoms. The Morgan fingerprint density at radius 1 is 1.40 bits per heavy atom. The van der Waals surface area contributed by atoms with Crippen molar-refractivity contribution in [2.75, 3.05) is 5.73 Å². The van der Waals surface area contributed by atoms with Gasteiger partial charge in [-0.05, 0) is 18.6 Å². The van der Waals surface area contributed by atoms with E-state index in [9.17, 15) is 0 Å². The van der Waals surface area contributed by atoms with Gasteiger partial charge in [-0.3, -0.25) is 0 Å². The van der Waals surface area contributed by atoms with E-state index in [0.29, 0.717) is 12.4 Å². The summed E-state index contributed by atoms with van der Waals surface area (Å²) < 4.78 is 5.61. The number of H-pyrrole nitrogens is 1. The number of nitrogens with two attached hydrogens (primary N) is 1. The number of aromatic nitrogens is 2. The summed E-state index contributed by atoms with van der Waals surface area (Å²) in [6.45, 7) is 2.42. The summed E-state index contributed by atoms with van der Waals surface area (Å²) in [5.41, 5.74) is 7.53. The summed E-state index contributed by atoms with van der Waals surface area (Å²) in [5.74, 6) is 1.36. The molecule has 0 saturated carbocycles. The summed E-state index contributed by atoms with van der Waals surface area (Å²) in [6.07, 6.45) is 1.56. The van der Waals surface area contributed by atoms with Gasteiger partial charge in [-0.25, -0.2) is 4.98 Å². The molecule has 4 heteroatoms. The monoisotopic (exact) mass is 203 g/mol. The molecule has 0 amide bonds. The SMILES string of the molecule is Cc1ccccc1OCc1[nH]cnc1N. The Morgan fingerprint density at radius 2 is 2.20 bits per heavy atom. The fourth-order valence-electron chi connectivity index (χ4n) is 1.32. The lowest BCUT2D eigenvalue weighted by Gasteiger charge is -2.07. The van der Waals surface area contributed by atoms with Crippen LogP contribution in [0.5, 0.6) is 5.75 Å². The number of aromatic amines is 1. The molecule has 0 spiro atoms. The van der Waals surface area contributed by atoms with E-state index in [1.807, 2.05) is 31.2 Å². The molecule has 1 aromatic heterocycles. The molecule has 0 unspecified atom stereocenters. The van der Waals surface area contributed by atoms with Crippen molar-refractivity contribution < 1.29 is 4.74 Å². The molecule has 0 atom stereocenters. The molecule has 0 fully saturated rings. The number of nitrogen functional groups attached to an aromatic ring is 1. The highest BCUT2D eigenvalue weighted by Gasteiger charge is 2.03. The van der Waals surface area contributed by atoms with Gasteiger partial charge in [0.15, 0.2) is 0 Å². The van der Waals surface area contributed by atoms with E-state index in [1.165, 1.54) is 0 Å². The third kappa shape index (κ3) is 2.10. The van der Waals surface area contributed by atoms with Gasteiger partial charge < -0.3 is 15.5 Å². The van der Waals surface area contributed by atoms with E-state index >= 15 is 0 Å². The maximum atomic E-state index is 5.62. The molecule has 2 rings (SSSR count). The Morgan fingerprint density at radius 3 is 2.87 bits per heavy atom. The number of imidazole rings is 1. The van der Waals surface area contributed by atoms with Crippen LogP contribution in [0.1, 0.15) is 11.3 Å². The second-order valence-electron chi connectivity index (χ2n) is 3.32. The number of aryl methyl sites for hydroxylation is 1. The van der Waals surface area contributed by atoms with Crippen molar-refractivity contribution in [1.82, 2.24) is 9.97 Å². The van der Waals surface area contributed by atoms with E-state index in [2.05, 4.69) is 9.97 Å². The maximum Gasteiger partial charge on any atom is 0.148 e. The van der Waals surface area contributed by atoms with Gasteiger partial charge in [0.1, 0.15) is 18.2 Å². The van der Waals surface area contributed by atoms with Crippen LogP contribution < -0.4 is 10.5 Å². The van der Waals surface area contributed by atoms with Crippen molar-refractivity contribution >= 4 is 5.82 Å². The molecule has 0 aliphatic carbocycles. The van der Waals surface area contributed by atoms with Crippen LogP contribution in [0.25, 0.3) is 0 Å². The van der Waals surface area contributed by atoms with Crippen molar-refractivity contribution in [3.63, 3.8) is 0 Å². The quantitative estimate of drug-likeness (QED) is 0.800. The van der Waals surface area contributed by atoms with Crippen LogP contribution in [0.15, 0.2) is 30.6 Å². The number of hydrogen-bond donors (Lipinski definition) is 2. The standard InChI is InChI=1S/C11H13N3O/c1-8-4-2-3-5-10(8)15-6-9-11(12)14-7-13-9/h2-5,7H,6,12H2,1H3,(H,13,14). The van der Waals surface area contributed by atoms with Gasteiger partial charge in [-0.15, -0.1) is 0 Å². The summed E-state index contributed by atoms with van der Waals surface area (Å²) >= 11 is 0. The first-order valence-electron chi connectivity index (χ1n) is 4.73. The maximum absolute atomic E-state index is 5.62. The fourth-order valence-corrected chi connectivity index (χ4v) is 1.32. The molecular weight excluding hydrogens is 190 g/mol. The van der Waals surface area contributed by atoms with Crippen molar-refractivity contribution in [3.05, 3.63) is 41.9 Å². The molecule has 1 heterocycles. The summed E-state index contributed by atoms with van der Waals surface area (Å²) in [4.78, 5) is 6.83. The van der Waals surface area contributed by atoms with Crippen LogP contribution in [-0.2, 0) is 6.61 Å². The topological polar surface area (TPSA) is 63.9 Å². The van der Waals surface area contributed by atoms with Crippen LogP contribution in [-0.4, -0.2) is 9.97 Å². The largest absolute Gasteiger partial charge is 0.487 e. The van der Waals surface area contributed by atoms with E-state index in [1.54, 1.807) is 6.33 Å². The number of benzene rings is 1. The van der Waals surface area contributed by atoms with Gasteiger partial charge >= 0.3 is 0 Å². The molecule has 2 aromatic rings. The molecule has 0 saturated heterocycles. The molecule has 0 aliphatic heterocycles. The number of nitrogens with zero attached hydrogens (tertiary/aromatic N) is 1. The van der Waals surface area contributed by atoms with E-state index in [0.717, 1.165) is 17.0 Å². The van der Waals surface area contributed by atoms with E-state index < -0.39 is 0 Å². The number of anilines is 1. The average molecular weight is 203 g/mol. The lowest BCUT2D eigenvalue weighted by atomic mass is 10.2. The van der Waals surface area contributed by atoms with Crippen LogP contribution in [0.2, 0.25) is 0 Å². The Balaban J connectivity index is 2.06. The van der Waals surface area contributed by atoms with Crippen LogP contribution in [0.4, 0.5) is 5.82 Å². The first-order chi connectivity index (χ1) is 7.27. The Labute approximate surface area is 88.1 Å². The Hall–Kier alpha value is -1.97. The first kappa shape index (κ1) is 9.58. The van der Waals surface area contributed by atoms with Crippen LogP contribution in [0, 0.1) is 6.92 Å². The van der Waals surface area contributed by atoms with Crippen molar-refractivity contribution in [2.45, 2.75) is 13.5 Å². The normalized spacial score (nSPS) is 10.2. The summed E-state index contributed by atoms with van der Waals surface area (Å²) in [6, 6.07) is 7.86. The van der Waals surface area contributed by atoms with Crippen LogP contribution >= 0.6 is 0 Å². The lowest BCUT2D eigenvalue weighted by molar-refractivity contribution is 0.300. The summed E-state index contributed by atoms with van der Waals surface area (Å²) in [5, 5.41) is 0. The minimum absolute atomic E-state index is 0.413. The highest BCUT2D eigenvalue weighted by Crippen LogP contribution is 2.18. The molecule has 0 radical (unpaired) electrons. The average Bonchev–Trinajstić information content (AvgIpc) is 2.63. The zero-order chi connectivity index (χ0) is 10.7. The fraction of sp³-hybridized carbons (Fsp3) is 0.182. The zero-order valence-corrected chi connectivity index (χ0v) is 8.53. The number of nitrogens with one attached hydrogen (secondary N) is 1. The van der Waals surface area contributed by atoms with Gasteiger partial charge in [-0.1, -0.05) is 18.2 Å². The molecule has 4 nitrogen and oxygen atoms in total. The van der Waals surface area contributed by atoms with Crippen molar-refractivity contribution in [2.24, 2.45) is 0 Å². The van der Waals surface area contributed by atoms with Gasteiger partial charge in [0, 0.05) is 0 Å². The molecule has 0 aliphatic rings. The lowest BCUT2D eigenvalue weighted by Crippen LogP contribution is -2.00. The predicted molar refractivity (Wildman–Crippen MR) is 58.5 cm³/mol. The van der Waals surface area contributed by atoms with Gasteiger partial charge in [-0.2, -0.15) is 0 Å². The minimum Gasteiger partial charge on any atom is -0.487 e. The highest BCUT2D eigenvalue weighted by atomic mass is 16.5. The van der Waals surface area contributed by atoms with E-state index in [-0.39, 0.29) is 0 Å². The summed E-state index contributed by atoms with van der Waals surface area (Å²) in [7, 11) is 0. The number of para-hydroxylation sites is 1. The van der Waals surface area contributed by atoms with Gasteiger partial charge in [0.2, 0.25) is 0 Å². The van der Waals surface area contributed by atoms with Crippen LogP contribution in [0.3, 0.4) is 0 Å². The minimum atomic E-state index is 0.413. The molecule has 1 aromatic carbocycles. The van der Waals surface area contributed by atoms with Crippen molar-refractivity contribution in [3.8, 4) is 5.75 Å². The zero-order valence-electron chi connectivity index (χ0n) is 8.53. The van der Waals surface area contributed by atoms with Gasteiger partial charge in [0.05, 0.1) is 12.0 Å². The Kier molecular flexibility index (Phi) is 2.58. The highest BCUT2D eigenvalue weighted by molar-refractivity contribution is 5.35. The number of hydrogen-bond acceptors (Lipinski definition) is 3. The second kappa shape index (κ2) is 4.04. The number of ether oxygens (including phenoxy) is 1. The first-order valence-corrected chi connectivity index (χ1v) is 4.73. The van der Waals surface area contributed by atoms with Gasteiger partial charge in [0.25, 0.3) is 0 Å². The Bertz CT molecular complexity index is 451. The molecule has 15 heavy (non-hydrogen) atoms. The van der Waals surface area contributed by atoms with Crippen molar-refractivity contribution in [1.29, 1.82) is 0 Å². The van der Waals surface area contributed by atoms with E-state index in [4.69, 9.17) is 10.5 Å². The number of rotatable bonds is 3. The molecule has 3 N–H and O–H groups in total. The molecule has 78 valence electrons.